The number of aryl methyl sites for hydroxylation is 1. The molecule has 1 aromatic rings. The van der Waals surface area contributed by atoms with Gasteiger partial charge in [-0.3, -0.25) is 4.79 Å². The number of aliphatic hydroxyl groups excluding tert-OH is 1. The number of benzene rings is 1. The molecule has 23 heavy (non-hydrogen) atoms. The monoisotopic (exact) mass is 315 g/mol. The maximum Gasteiger partial charge on any atom is 0.220 e. The minimum Gasteiger partial charge on any atom is -0.389 e. The normalized spacial score (nSPS) is 20.6. The largest absolute Gasteiger partial charge is 0.389 e. The molecular formula is C20H29NO2. The Balaban J connectivity index is 1.57. The van der Waals surface area contributed by atoms with Crippen LogP contribution in [-0.2, 0) is 11.2 Å². The van der Waals surface area contributed by atoms with Crippen LogP contribution < -0.4 is 5.32 Å². The van der Waals surface area contributed by atoms with Crippen LogP contribution in [0.15, 0.2) is 42.5 Å². The van der Waals surface area contributed by atoms with Crippen molar-refractivity contribution < 1.29 is 9.90 Å². The standard InChI is InChI=1S/C20H29NO2/c1-16(19(22)14-12-18-13-15-20(23)21-18)8-4-2-5-9-17-10-6-3-7-11-17/h3,6-7,10-12,14,16,18-19,22H,2,4-5,8-9,13,15H2,1H3,(H,21,23)/b14-12+/t16-,18-,19-/m0/s1. The second-order valence-corrected chi connectivity index (χ2v) is 6.65. The third-order valence-corrected chi connectivity index (χ3v) is 4.62. The number of hydrogen-bond acceptors (Lipinski definition) is 2. The van der Waals surface area contributed by atoms with Crippen molar-refractivity contribution in [2.24, 2.45) is 5.92 Å². The zero-order valence-electron chi connectivity index (χ0n) is 14.1. The third kappa shape index (κ3) is 6.57. The number of unbranched alkanes of at least 4 members (excludes halogenated alkanes) is 2. The van der Waals surface area contributed by atoms with E-state index in [0.29, 0.717) is 6.42 Å². The molecule has 1 aliphatic rings. The van der Waals surface area contributed by atoms with Crippen LogP contribution in [0, 0.1) is 5.92 Å². The summed E-state index contributed by atoms with van der Waals surface area (Å²) in [5.74, 6) is 0.376. The lowest BCUT2D eigenvalue weighted by Crippen LogP contribution is -2.24. The Kier molecular flexibility index (Phi) is 7.34. The fourth-order valence-corrected chi connectivity index (χ4v) is 3.01. The molecule has 3 nitrogen and oxygen atoms in total. The lowest BCUT2D eigenvalue weighted by atomic mass is 9.95. The maximum atomic E-state index is 11.1. The number of carbonyl (C=O) groups is 1. The third-order valence-electron chi connectivity index (χ3n) is 4.62. The molecule has 126 valence electrons. The number of nitrogens with one attached hydrogen (secondary N) is 1. The zero-order chi connectivity index (χ0) is 16.5. The molecule has 1 saturated heterocycles. The second kappa shape index (κ2) is 9.51. The van der Waals surface area contributed by atoms with Crippen molar-refractivity contribution in [1.29, 1.82) is 0 Å². The van der Waals surface area contributed by atoms with Crippen molar-refractivity contribution in [1.82, 2.24) is 5.32 Å². The van der Waals surface area contributed by atoms with Crippen molar-refractivity contribution in [2.45, 2.75) is 64.0 Å². The summed E-state index contributed by atoms with van der Waals surface area (Å²) in [6.45, 7) is 2.10. The van der Waals surface area contributed by atoms with E-state index >= 15 is 0 Å². The molecule has 1 heterocycles. The van der Waals surface area contributed by atoms with Crippen molar-refractivity contribution in [2.75, 3.05) is 0 Å². The molecule has 0 unspecified atom stereocenters. The molecule has 0 radical (unpaired) electrons. The summed E-state index contributed by atoms with van der Waals surface area (Å²) >= 11 is 0. The summed E-state index contributed by atoms with van der Waals surface area (Å²) in [5, 5.41) is 13.1. The first-order valence-electron chi connectivity index (χ1n) is 8.85. The van der Waals surface area contributed by atoms with E-state index in [-0.39, 0.29) is 17.9 Å². The zero-order valence-corrected chi connectivity index (χ0v) is 14.1. The van der Waals surface area contributed by atoms with Crippen molar-refractivity contribution in [3.05, 3.63) is 48.0 Å². The van der Waals surface area contributed by atoms with Gasteiger partial charge in [0.25, 0.3) is 0 Å². The Bertz CT molecular complexity index is 498. The van der Waals surface area contributed by atoms with Crippen molar-refractivity contribution in [3.63, 3.8) is 0 Å². The van der Waals surface area contributed by atoms with E-state index in [1.54, 1.807) is 0 Å². The molecule has 2 N–H and O–H groups in total. The van der Waals surface area contributed by atoms with Gasteiger partial charge in [-0.15, -0.1) is 0 Å². The summed E-state index contributed by atoms with van der Waals surface area (Å²) < 4.78 is 0. The van der Waals surface area contributed by atoms with Gasteiger partial charge in [0.2, 0.25) is 5.91 Å². The van der Waals surface area contributed by atoms with E-state index < -0.39 is 6.10 Å². The molecule has 1 fully saturated rings. The van der Waals surface area contributed by atoms with Crippen molar-refractivity contribution in [3.8, 4) is 0 Å². The van der Waals surface area contributed by atoms with Crippen LogP contribution in [0.5, 0.6) is 0 Å². The maximum absolute atomic E-state index is 11.1. The summed E-state index contributed by atoms with van der Waals surface area (Å²) in [5.41, 5.74) is 1.40. The van der Waals surface area contributed by atoms with Crippen LogP contribution in [0.1, 0.15) is 51.0 Å². The van der Waals surface area contributed by atoms with Gasteiger partial charge in [0.1, 0.15) is 0 Å². The fraction of sp³-hybridized carbons (Fsp3) is 0.550. The first-order valence-corrected chi connectivity index (χ1v) is 8.85. The highest BCUT2D eigenvalue weighted by Crippen LogP contribution is 2.17. The number of rotatable bonds is 9. The van der Waals surface area contributed by atoms with E-state index in [4.69, 9.17) is 0 Å². The topological polar surface area (TPSA) is 49.3 Å². The molecule has 0 spiro atoms. The average molecular weight is 315 g/mol. The highest BCUT2D eigenvalue weighted by atomic mass is 16.3. The highest BCUT2D eigenvalue weighted by Gasteiger charge is 2.18. The van der Waals surface area contributed by atoms with E-state index in [1.807, 2.05) is 12.2 Å². The average Bonchev–Trinajstić information content (AvgIpc) is 2.98. The number of aliphatic hydroxyl groups is 1. The molecular weight excluding hydrogens is 286 g/mol. The summed E-state index contributed by atoms with van der Waals surface area (Å²) in [7, 11) is 0. The number of hydrogen-bond donors (Lipinski definition) is 2. The fourth-order valence-electron chi connectivity index (χ4n) is 3.01. The molecule has 1 aromatic carbocycles. The first kappa shape index (κ1) is 17.7. The van der Waals surface area contributed by atoms with Gasteiger partial charge in [0.05, 0.1) is 6.10 Å². The Hall–Kier alpha value is -1.61. The molecule has 3 atom stereocenters. The van der Waals surface area contributed by atoms with Gasteiger partial charge in [-0.1, -0.05) is 62.2 Å². The Labute approximate surface area is 139 Å². The minimum absolute atomic E-state index is 0.107. The van der Waals surface area contributed by atoms with Crippen LogP contribution in [0.2, 0.25) is 0 Å². The highest BCUT2D eigenvalue weighted by molar-refractivity contribution is 5.78. The van der Waals surface area contributed by atoms with Crippen LogP contribution in [-0.4, -0.2) is 23.2 Å². The summed E-state index contributed by atoms with van der Waals surface area (Å²) in [6.07, 6.45) is 10.6. The predicted octanol–water partition coefficient (Wildman–Crippen LogP) is 3.62. The van der Waals surface area contributed by atoms with E-state index in [0.717, 1.165) is 25.7 Å². The predicted molar refractivity (Wildman–Crippen MR) is 94.1 cm³/mol. The van der Waals surface area contributed by atoms with Crippen molar-refractivity contribution >= 4 is 5.91 Å². The number of amides is 1. The molecule has 0 aliphatic carbocycles. The SMILES string of the molecule is C[C@@H](CCCCCc1ccccc1)[C@@H](O)/C=C/[C@H]1CCC(=O)N1. The Morgan fingerprint density at radius 1 is 1.26 bits per heavy atom. The van der Waals surface area contributed by atoms with Crippen LogP contribution in [0.3, 0.4) is 0 Å². The molecule has 0 bridgehead atoms. The van der Waals surface area contributed by atoms with E-state index in [1.165, 1.54) is 18.4 Å². The van der Waals surface area contributed by atoms with Gasteiger partial charge in [-0.25, -0.2) is 0 Å². The van der Waals surface area contributed by atoms with Gasteiger partial charge in [-0.2, -0.15) is 0 Å². The van der Waals surface area contributed by atoms with Gasteiger partial charge in [0, 0.05) is 12.5 Å². The molecule has 1 amide bonds. The molecule has 0 saturated carbocycles. The van der Waals surface area contributed by atoms with Crippen LogP contribution in [0.25, 0.3) is 0 Å². The van der Waals surface area contributed by atoms with Gasteiger partial charge in [-0.05, 0) is 37.2 Å². The smallest absolute Gasteiger partial charge is 0.220 e. The van der Waals surface area contributed by atoms with Gasteiger partial charge in [0.15, 0.2) is 0 Å². The minimum atomic E-state index is -0.415. The second-order valence-electron chi connectivity index (χ2n) is 6.65. The summed E-state index contributed by atoms with van der Waals surface area (Å²) in [6, 6.07) is 10.7. The first-order chi connectivity index (χ1) is 11.1. The van der Waals surface area contributed by atoms with E-state index in [9.17, 15) is 9.90 Å². The van der Waals surface area contributed by atoms with Gasteiger partial charge >= 0.3 is 0 Å². The molecule has 1 aliphatic heterocycles. The van der Waals surface area contributed by atoms with Gasteiger partial charge < -0.3 is 10.4 Å². The Morgan fingerprint density at radius 2 is 2.04 bits per heavy atom. The van der Waals surface area contributed by atoms with E-state index in [2.05, 4.69) is 42.6 Å². The van der Waals surface area contributed by atoms with Crippen LogP contribution in [0.4, 0.5) is 0 Å². The lowest BCUT2D eigenvalue weighted by Gasteiger charge is -2.16. The Morgan fingerprint density at radius 3 is 2.74 bits per heavy atom. The quantitative estimate of drug-likeness (QED) is 0.540. The number of carbonyl (C=O) groups excluding carboxylic acids is 1. The molecule has 2 rings (SSSR count). The summed E-state index contributed by atoms with van der Waals surface area (Å²) in [4.78, 5) is 11.1. The lowest BCUT2D eigenvalue weighted by molar-refractivity contribution is -0.119. The molecule has 0 aromatic heterocycles. The van der Waals surface area contributed by atoms with Crippen LogP contribution >= 0.6 is 0 Å². The molecule has 3 heteroatoms.